The van der Waals surface area contributed by atoms with E-state index in [-0.39, 0.29) is 11.3 Å². The molecule has 28 heavy (non-hydrogen) atoms. The summed E-state index contributed by atoms with van der Waals surface area (Å²) in [5, 5.41) is 8.81. The molecular weight excluding hydrogens is 352 g/mol. The lowest BCUT2D eigenvalue weighted by atomic mass is 9.70. The van der Waals surface area contributed by atoms with Crippen molar-refractivity contribution in [3.8, 4) is 0 Å². The molecule has 2 amide bonds. The van der Waals surface area contributed by atoms with E-state index in [4.69, 9.17) is 5.21 Å². The maximum atomic E-state index is 13.2. The second-order valence-corrected chi connectivity index (χ2v) is 7.70. The number of fused-ring (bicyclic) bond motifs is 1. The molecule has 1 fully saturated rings. The van der Waals surface area contributed by atoms with Crippen LogP contribution >= 0.6 is 0 Å². The zero-order valence-electron chi connectivity index (χ0n) is 15.7. The number of nitrogens with one attached hydrogen (secondary N) is 1. The fourth-order valence-electron chi connectivity index (χ4n) is 4.41. The van der Waals surface area contributed by atoms with Crippen LogP contribution in [0.4, 0.5) is 0 Å². The van der Waals surface area contributed by atoms with Gasteiger partial charge in [0.15, 0.2) is 0 Å². The number of hydrogen-bond acceptors (Lipinski definition) is 3. The Morgan fingerprint density at radius 3 is 2.75 bits per heavy atom. The van der Waals surface area contributed by atoms with E-state index in [1.165, 1.54) is 0 Å². The first-order valence-electron chi connectivity index (χ1n) is 9.68. The Balaban J connectivity index is 1.44. The zero-order chi connectivity index (χ0) is 19.6. The average Bonchev–Trinajstić information content (AvgIpc) is 3.03. The van der Waals surface area contributed by atoms with Crippen LogP contribution < -0.4 is 5.48 Å². The largest absolute Gasteiger partial charge is 0.338 e. The van der Waals surface area contributed by atoms with Crippen molar-refractivity contribution < 1.29 is 14.8 Å². The van der Waals surface area contributed by atoms with Gasteiger partial charge in [-0.2, -0.15) is 0 Å². The summed E-state index contributed by atoms with van der Waals surface area (Å²) in [4.78, 5) is 26.7. The van der Waals surface area contributed by atoms with Crippen LogP contribution in [0.15, 0.2) is 54.6 Å². The molecule has 4 rings (SSSR count). The molecule has 2 N–H and O–H groups in total. The number of likely N-dealkylation sites (tertiary alicyclic amines) is 1. The van der Waals surface area contributed by atoms with Crippen LogP contribution in [-0.2, 0) is 17.6 Å². The van der Waals surface area contributed by atoms with E-state index in [0.29, 0.717) is 12.1 Å². The topological polar surface area (TPSA) is 69.6 Å². The molecular formula is C23H24N2O3. The van der Waals surface area contributed by atoms with Gasteiger partial charge in [-0.25, -0.2) is 5.48 Å². The van der Waals surface area contributed by atoms with Crippen LogP contribution in [-0.4, -0.2) is 35.0 Å². The van der Waals surface area contributed by atoms with Crippen LogP contribution in [0.2, 0.25) is 0 Å². The minimum Gasteiger partial charge on any atom is -0.338 e. The average molecular weight is 376 g/mol. The highest BCUT2D eigenvalue weighted by atomic mass is 16.5. The van der Waals surface area contributed by atoms with Gasteiger partial charge in [0.05, 0.1) is 5.41 Å². The van der Waals surface area contributed by atoms with E-state index < -0.39 is 5.91 Å². The Bertz CT molecular complexity index is 923. The Hall–Kier alpha value is -2.92. The molecule has 1 heterocycles. The maximum Gasteiger partial charge on any atom is 0.274 e. The third-order valence-electron chi connectivity index (χ3n) is 6.01. The molecule has 1 aliphatic carbocycles. The standard InChI is InChI=1S/C23H24N2O3/c26-21(24-28)19-8-9-20-16-23(11-10-18(20)15-19)12-14-25(22(23)27)13-4-7-17-5-2-1-3-6-17/h1-9,15,28H,10-14,16H2,(H,24,26)/b7-4+/t23-/m1/s1. The fraction of sp³-hybridized carbons (Fsp3) is 0.304. The molecule has 2 aromatic carbocycles. The van der Waals surface area contributed by atoms with Gasteiger partial charge in [0.2, 0.25) is 5.91 Å². The SMILES string of the molecule is O=C(NO)c1ccc2c(c1)CC[C@@]1(CCN(C/C=C/c3ccccc3)C1=O)C2. The molecule has 5 nitrogen and oxygen atoms in total. The molecule has 1 atom stereocenters. The normalized spacial score (nSPS) is 21.3. The zero-order valence-corrected chi connectivity index (χ0v) is 15.7. The summed E-state index contributed by atoms with van der Waals surface area (Å²) < 4.78 is 0. The second-order valence-electron chi connectivity index (χ2n) is 7.70. The van der Waals surface area contributed by atoms with Gasteiger partial charge in [0.25, 0.3) is 5.91 Å². The Kier molecular flexibility index (Phi) is 5.01. The van der Waals surface area contributed by atoms with Crippen molar-refractivity contribution in [2.75, 3.05) is 13.1 Å². The van der Waals surface area contributed by atoms with Crippen LogP contribution in [0, 0.1) is 5.41 Å². The number of nitrogens with zero attached hydrogens (tertiary/aromatic N) is 1. The van der Waals surface area contributed by atoms with Crippen LogP contribution in [0.3, 0.4) is 0 Å². The van der Waals surface area contributed by atoms with Gasteiger partial charge < -0.3 is 4.90 Å². The summed E-state index contributed by atoms with van der Waals surface area (Å²) in [7, 11) is 0. The summed E-state index contributed by atoms with van der Waals surface area (Å²) in [6, 6.07) is 15.6. The number of carbonyl (C=O) groups excluding carboxylic acids is 2. The van der Waals surface area contributed by atoms with Gasteiger partial charge in [0.1, 0.15) is 0 Å². The van der Waals surface area contributed by atoms with Gasteiger partial charge in [-0.3, -0.25) is 14.8 Å². The van der Waals surface area contributed by atoms with Gasteiger partial charge in [-0.05, 0) is 54.5 Å². The molecule has 1 saturated heterocycles. The van der Waals surface area contributed by atoms with Crippen molar-refractivity contribution in [1.29, 1.82) is 0 Å². The number of hydrogen-bond donors (Lipinski definition) is 2. The minimum atomic E-state index is -0.503. The highest BCUT2D eigenvalue weighted by molar-refractivity contribution is 5.93. The summed E-state index contributed by atoms with van der Waals surface area (Å²) in [6.45, 7) is 1.43. The lowest BCUT2D eigenvalue weighted by Crippen LogP contribution is -2.38. The number of aryl methyl sites for hydroxylation is 1. The Morgan fingerprint density at radius 2 is 1.96 bits per heavy atom. The molecule has 0 saturated carbocycles. The third-order valence-corrected chi connectivity index (χ3v) is 6.01. The second kappa shape index (κ2) is 7.60. The van der Waals surface area contributed by atoms with Crippen LogP contribution in [0.25, 0.3) is 6.08 Å². The quantitative estimate of drug-likeness (QED) is 0.636. The first-order chi connectivity index (χ1) is 13.6. The fourth-order valence-corrected chi connectivity index (χ4v) is 4.41. The van der Waals surface area contributed by atoms with Crippen molar-refractivity contribution in [2.45, 2.75) is 25.7 Å². The maximum absolute atomic E-state index is 13.2. The van der Waals surface area contributed by atoms with Gasteiger partial charge in [-0.15, -0.1) is 0 Å². The number of hydroxylamine groups is 1. The van der Waals surface area contributed by atoms with Gasteiger partial charge >= 0.3 is 0 Å². The highest BCUT2D eigenvalue weighted by Gasteiger charge is 2.47. The molecule has 144 valence electrons. The monoisotopic (exact) mass is 376 g/mol. The number of rotatable bonds is 4. The summed E-state index contributed by atoms with van der Waals surface area (Å²) >= 11 is 0. The third kappa shape index (κ3) is 3.45. The first-order valence-corrected chi connectivity index (χ1v) is 9.68. The van der Waals surface area contributed by atoms with E-state index in [2.05, 4.69) is 12.2 Å². The number of amides is 2. The predicted octanol–water partition coefficient (Wildman–Crippen LogP) is 3.23. The molecule has 2 aliphatic rings. The molecule has 0 unspecified atom stereocenters. The lowest BCUT2D eigenvalue weighted by Gasteiger charge is -2.33. The first kappa shape index (κ1) is 18.4. The Morgan fingerprint density at radius 1 is 1.14 bits per heavy atom. The van der Waals surface area contributed by atoms with Gasteiger partial charge in [-0.1, -0.05) is 48.6 Å². The van der Waals surface area contributed by atoms with Crippen molar-refractivity contribution >= 4 is 17.9 Å². The lowest BCUT2D eigenvalue weighted by molar-refractivity contribution is -0.136. The van der Waals surface area contributed by atoms with E-state index in [0.717, 1.165) is 48.9 Å². The summed E-state index contributed by atoms with van der Waals surface area (Å²) in [5.41, 5.74) is 5.18. The molecule has 0 radical (unpaired) electrons. The molecule has 0 bridgehead atoms. The van der Waals surface area contributed by atoms with E-state index in [1.54, 1.807) is 11.5 Å². The Labute approximate surface area is 164 Å². The summed E-state index contributed by atoms with van der Waals surface area (Å²) in [5.74, 6) is -0.260. The van der Waals surface area contributed by atoms with Crippen LogP contribution in [0.5, 0.6) is 0 Å². The molecule has 1 spiro atoms. The molecule has 5 heteroatoms. The molecule has 2 aromatic rings. The van der Waals surface area contributed by atoms with E-state index in [1.807, 2.05) is 47.4 Å². The smallest absolute Gasteiger partial charge is 0.274 e. The highest BCUT2D eigenvalue weighted by Crippen LogP contribution is 2.43. The van der Waals surface area contributed by atoms with Crippen molar-refractivity contribution in [3.05, 3.63) is 76.9 Å². The predicted molar refractivity (Wildman–Crippen MR) is 107 cm³/mol. The van der Waals surface area contributed by atoms with Crippen molar-refractivity contribution in [2.24, 2.45) is 5.41 Å². The van der Waals surface area contributed by atoms with Crippen molar-refractivity contribution in [1.82, 2.24) is 10.4 Å². The summed E-state index contributed by atoms with van der Waals surface area (Å²) in [6.07, 6.45) is 7.30. The van der Waals surface area contributed by atoms with Crippen LogP contribution in [0.1, 0.15) is 39.9 Å². The van der Waals surface area contributed by atoms with E-state index in [9.17, 15) is 9.59 Å². The molecule has 1 aliphatic heterocycles. The number of benzene rings is 2. The van der Waals surface area contributed by atoms with E-state index >= 15 is 0 Å². The van der Waals surface area contributed by atoms with Crippen molar-refractivity contribution in [3.63, 3.8) is 0 Å². The molecule has 0 aromatic heterocycles. The minimum absolute atomic E-state index is 0.244. The number of carbonyl (C=O) groups is 2. The van der Waals surface area contributed by atoms with Gasteiger partial charge in [0, 0.05) is 18.7 Å².